The zero-order chi connectivity index (χ0) is 10.3. The van der Waals surface area contributed by atoms with Gasteiger partial charge in [-0.2, -0.15) is 0 Å². The van der Waals surface area contributed by atoms with E-state index in [4.69, 9.17) is 4.74 Å². The first-order chi connectivity index (χ1) is 6.13. The van der Waals surface area contributed by atoms with E-state index in [1.807, 2.05) is 14.1 Å². The molecule has 0 bridgehead atoms. The summed E-state index contributed by atoms with van der Waals surface area (Å²) >= 11 is 0. The highest BCUT2D eigenvalue weighted by Crippen LogP contribution is 2.00. The average molecular weight is 187 g/mol. The molecule has 0 atom stereocenters. The van der Waals surface area contributed by atoms with Gasteiger partial charge in [-0.15, -0.1) is 0 Å². The summed E-state index contributed by atoms with van der Waals surface area (Å²) in [4.78, 5) is 11.3. The highest BCUT2D eigenvalue weighted by Gasteiger charge is 2.15. The predicted octanol–water partition coefficient (Wildman–Crippen LogP) is 1.54. The molecule has 0 heterocycles. The Balaban J connectivity index is 3.99. The molecular weight excluding hydrogens is 168 g/mol. The molecule has 13 heavy (non-hydrogen) atoms. The minimum Gasteiger partial charge on any atom is -0.449 e. The summed E-state index contributed by atoms with van der Waals surface area (Å²) in [6.45, 7) is 6.60. The molecule has 0 saturated heterocycles. The molecule has 0 spiro atoms. The lowest BCUT2D eigenvalue weighted by molar-refractivity contribution is 0.0131. The van der Waals surface area contributed by atoms with Gasteiger partial charge in [-0.25, -0.2) is 14.8 Å². The molecule has 0 aliphatic carbocycles. The maximum Gasteiger partial charge on any atom is 0.424 e. The number of rotatable bonds is 5. The largest absolute Gasteiger partial charge is 0.449 e. The minimum atomic E-state index is -0.291. The van der Waals surface area contributed by atoms with Crippen molar-refractivity contribution in [2.75, 3.05) is 27.2 Å². The first-order valence-electron chi connectivity index (χ1n) is 4.54. The van der Waals surface area contributed by atoms with Crippen molar-refractivity contribution < 1.29 is 9.53 Å². The highest BCUT2D eigenvalue weighted by molar-refractivity contribution is 5.66. The van der Waals surface area contributed by atoms with E-state index in [1.165, 1.54) is 0 Å². The average Bonchev–Trinajstić information content (AvgIpc) is 2.05. The zero-order valence-corrected chi connectivity index (χ0v) is 8.75. The molecule has 0 saturated carbocycles. The number of hydrogen-bond donors (Lipinski definition) is 0. The van der Waals surface area contributed by atoms with Crippen molar-refractivity contribution in [2.45, 2.75) is 19.8 Å². The molecule has 1 radical (unpaired) electrons. The predicted molar refractivity (Wildman–Crippen MR) is 52.0 cm³/mol. The molecule has 0 aromatic rings. The van der Waals surface area contributed by atoms with Crippen molar-refractivity contribution in [3.8, 4) is 0 Å². The van der Waals surface area contributed by atoms with Gasteiger partial charge in [0.05, 0.1) is 6.61 Å². The minimum absolute atomic E-state index is 0.291. The molecule has 0 aliphatic heterocycles. The number of ether oxygens (including phenoxy) is 1. The summed E-state index contributed by atoms with van der Waals surface area (Å²) in [6, 6.07) is 0. The van der Waals surface area contributed by atoms with Crippen molar-refractivity contribution in [3.63, 3.8) is 0 Å². The van der Waals surface area contributed by atoms with Gasteiger partial charge in [0.1, 0.15) is 0 Å². The van der Waals surface area contributed by atoms with E-state index in [0.29, 0.717) is 13.2 Å². The van der Waals surface area contributed by atoms with Crippen LogP contribution in [0.15, 0.2) is 0 Å². The van der Waals surface area contributed by atoms with Crippen molar-refractivity contribution in [2.24, 2.45) is 0 Å². The van der Waals surface area contributed by atoms with Gasteiger partial charge in [0.15, 0.2) is 0 Å². The Morgan fingerprint density at radius 2 is 2.08 bits per heavy atom. The van der Waals surface area contributed by atoms with Crippen LogP contribution < -0.4 is 0 Å². The van der Waals surface area contributed by atoms with Gasteiger partial charge < -0.3 is 4.74 Å². The van der Waals surface area contributed by atoms with Crippen LogP contribution in [0.1, 0.15) is 19.8 Å². The van der Waals surface area contributed by atoms with E-state index in [1.54, 1.807) is 16.9 Å². The second-order valence-corrected chi connectivity index (χ2v) is 2.88. The molecule has 0 rings (SSSR count). The third-order valence-corrected chi connectivity index (χ3v) is 1.58. The normalized spacial score (nSPS) is 10.2. The van der Waals surface area contributed by atoms with Crippen LogP contribution in [-0.4, -0.2) is 43.4 Å². The second-order valence-electron chi connectivity index (χ2n) is 2.88. The Morgan fingerprint density at radius 1 is 1.46 bits per heavy atom. The van der Waals surface area contributed by atoms with Crippen molar-refractivity contribution >= 4 is 6.09 Å². The smallest absolute Gasteiger partial charge is 0.424 e. The van der Waals surface area contributed by atoms with Gasteiger partial charge in [0.25, 0.3) is 0 Å². The van der Waals surface area contributed by atoms with Crippen LogP contribution in [0, 0.1) is 6.92 Å². The number of amides is 1. The lowest BCUT2D eigenvalue weighted by atomic mass is 10.3. The fourth-order valence-corrected chi connectivity index (χ4v) is 0.914. The SMILES string of the molecule is [CH2]CCCN(C(=O)OCC)N(C)C. The van der Waals surface area contributed by atoms with Crippen molar-refractivity contribution in [1.82, 2.24) is 10.0 Å². The second kappa shape index (κ2) is 6.71. The van der Waals surface area contributed by atoms with E-state index >= 15 is 0 Å². The summed E-state index contributed by atoms with van der Waals surface area (Å²) in [6.07, 6.45) is 1.42. The molecule has 4 nitrogen and oxygen atoms in total. The first-order valence-corrected chi connectivity index (χ1v) is 4.54. The van der Waals surface area contributed by atoms with Crippen LogP contribution in [0.3, 0.4) is 0 Å². The Bertz CT molecular complexity index is 149. The van der Waals surface area contributed by atoms with Crippen molar-refractivity contribution in [3.05, 3.63) is 6.92 Å². The maximum absolute atomic E-state index is 11.3. The number of hydrogen-bond acceptors (Lipinski definition) is 3. The fourth-order valence-electron chi connectivity index (χ4n) is 0.914. The summed E-state index contributed by atoms with van der Waals surface area (Å²) in [5.41, 5.74) is 0. The monoisotopic (exact) mass is 187 g/mol. The molecule has 0 fully saturated rings. The Morgan fingerprint density at radius 3 is 2.46 bits per heavy atom. The molecule has 0 aromatic carbocycles. The van der Waals surface area contributed by atoms with Gasteiger partial charge >= 0.3 is 6.09 Å². The molecule has 0 aromatic heterocycles. The molecular formula is C9H19N2O2. The van der Waals surface area contributed by atoms with Gasteiger partial charge in [-0.05, 0) is 13.3 Å². The molecule has 4 heteroatoms. The Labute approximate surface area is 80.4 Å². The van der Waals surface area contributed by atoms with Gasteiger partial charge in [-0.1, -0.05) is 13.3 Å². The molecule has 0 aliphatic rings. The van der Waals surface area contributed by atoms with E-state index in [9.17, 15) is 4.79 Å². The quantitative estimate of drug-likeness (QED) is 0.612. The van der Waals surface area contributed by atoms with E-state index in [2.05, 4.69) is 6.92 Å². The van der Waals surface area contributed by atoms with Crippen LogP contribution >= 0.6 is 0 Å². The number of carbonyl (C=O) groups excluding carboxylic acids is 1. The molecule has 1 amide bonds. The molecule has 0 N–H and O–H groups in total. The number of carbonyl (C=O) groups is 1. The van der Waals surface area contributed by atoms with E-state index in [-0.39, 0.29) is 6.09 Å². The Hall–Kier alpha value is -0.770. The third-order valence-electron chi connectivity index (χ3n) is 1.58. The summed E-state index contributed by atoms with van der Waals surface area (Å²) in [7, 11) is 3.64. The lowest BCUT2D eigenvalue weighted by Crippen LogP contribution is -2.42. The van der Waals surface area contributed by atoms with Crippen LogP contribution in [0.4, 0.5) is 4.79 Å². The van der Waals surface area contributed by atoms with Gasteiger partial charge in [0.2, 0.25) is 0 Å². The van der Waals surface area contributed by atoms with E-state index < -0.39 is 0 Å². The van der Waals surface area contributed by atoms with Gasteiger partial charge in [0, 0.05) is 20.6 Å². The summed E-state index contributed by atoms with van der Waals surface area (Å²) in [5.74, 6) is 0. The number of unbranched alkanes of at least 4 members (excludes halogenated alkanes) is 1. The molecule has 77 valence electrons. The first kappa shape index (κ1) is 12.2. The summed E-state index contributed by atoms with van der Waals surface area (Å²) in [5, 5.41) is 3.29. The third kappa shape index (κ3) is 4.72. The van der Waals surface area contributed by atoms with E-state index in [0.717, 1.165) is 12.8 Å². The highest BCUT2D eigenvalue weighted by atomic mass is 16.6. The molecule has 0 unspecified atom stereocenters. The van der Waals surface area contributed by atoms with Crippen LogP contribution in [0.2, 0.25) is 0 Å². The van der Waals surface area contributed by atoms with Crippen molar-refractivity contribution in [1.29, 1.82) is 0 Å². The summed E-state index contributed by atoms with van der Waals surface area (Å²) < 4.78 is 4.89. The van der Waals surface area contributed by atoms with Gasteiger partial charge in [-0.3, -0.25) is 0 Å². The number of nitrogens with zero attached hydrogens (tertiary/aromatic N) is 2. The lowest BCUT2D eigenvalue weighted by Gasteiger charge is -2.27. The number of hydrazine groups is 1. The zero-order valence-electron chi connectivity index (χ0n) is 8.75. The topological polar surface area (TPSA) is 32.8 Å². The van der Waals surface area contributed by atoms with Crippen LogP contribution in [-0.2, 0) is 4.74 Å². The maximum atomic E-state index is 11.3. The van der Waals surface area contributed by atoms with Crippen LogP contribution in [0.5, 0.6) is 0 Å². The van der Waals surface area contributed by atoms with Crippen LogP contribution in [0.25, 0.3) is 0 Å². The standard InChI is InChI=1S/C9H19N2O2/c1-5-7-8-11(10(3)4)9(12)13-6-2/h1,5-8H2,2-4H3. The fraction of sp³-hybridized carbons (Fsp3) is 0.778. The Kier molecular flexibility index (Phi) is 6.32.